The van der Waals surface area contributed by atoms with E-state index in [1.54, 1.807) is 12.1 Å². The Bertz CT molecular complexity index is 765. The molecule has 0 radical (unpaired) electrons. The molecule has 3 rings (SSSR count). The number of rotatable bonds is 6. The molecule has 1 aliphatic carbocycles. The van der Waals surface area contributed by atoms with Crippen LogP contribution in [-0.2, 0) is 10.0 Å². The molecule has 0 aliphatic heterocycles. The zero-order valence-electron chi connectivity index (χ0n) is 14.4. The van der Waals surface area contributed by atoms with Crippen molar-refractivity contribution >= 4 is 10.0 Å². The summed E-state index contributed by atoms with van der Waals surface area (Å²) in [5, 5.41) is 0. The van der Waals surface area contributed by atoms with E-state index in [-0.39, 0.29) is 0 Å². The Hall–Kier alpha value is -1.69. The first-order valence-corrected chi connectivity index (χ1v) is 10.4. The number of benzene rings is 2. The smallest absolute Gasteiger partial charge is 0.240 e. The van der Waals surface area contributed by atoms with Crippen LogP contribution in [0.2, 0.25) is 0 Å². The summed E-state index contributed by atoms with van der Waals surface area (Å²) < 4.78 is 27.8. The summed E-state index contributed by atoms with van der Waals surface area (Å²) in [7, 11) is -3.45. The lowest BCUT2D eigenvalue weighted by atomic mass is 9.82. The third-order valence-corrected chi connectivity index (χ3v) is 6.57. The van der Waals surface area contributed by atoms with Gasteiger partial charge in [-0.05, 0) is 67.3 Å². The second-order valence-electron chi connectivity index (χ2n) is 6.86. The van der Waals surface area contributed by atoms with Crippen LogP contribution in [0.25, 0.3) is 11.1 Å². The first kappa shape index (κ1) is 18.1. The van der Waals surface area contributed by atoms with Gasteiger partial charge in [-0.25, -0.2) is 13.1 Å². The second kappa shape index (κ2) is 8.13. The van der Waals surface area contributed by atoms with Gasteiger partial charge in [-0.2, -0.15) is 0 Å². The first-order chi connectivity index (χ1) is 12.1. The molecule has 0 bridgehead atoms. The Morgan fingerprint density at radius 2 is 1.40 bits per heavy atom. The van der Waals surface area contributed by atoms with Gasteiger partial charge in [0, 0.05) is 6.54 Å². The molecule has 0 atom stereocenters. The lowest BCUT2D eigenvalue weighted by Gasteiger charge is -2.27. The van der Waals surface area contributed by atoms with Gasteiger partial charge < -0.3 is 5.73 Å². The fourth-order valence-electron chi connectivity index (χ4n) is 3.44. The minimum atomic E-state index is -3.45. The number of hydrogen-bond acceptors (Lipinski definition) is 3. The highest BCUT2D eigenvalue weighted by atomic mass is 32.2. The summed E-state index contributed by atoms with van der Waals surface area (Å²) in [6.45, 7) is 1.26. The highest BCUT2D eigenvalue weighted by Crippen LogP contribution is 2.28. The Morgan fingerprint density at radius 3 is 2.00 bits per heavy atom. The molecule has 2 aromatic rings. The van der Waals surface area contributed by atoms with E-state index in [9.17, 15) is 8.42 Å². The van der Waals surface area contributed by atoms with E-state index in [0.29, 0.717) is 23.3 Å². The van der Waals surface area contributed by atoms with Gasteiger partial charge in [-0.15, -0.1) is 0 Å². The SMILES string of the molecule is NCC1CCC(CNS(=O)(=O)c2ccc(-c3ccccc3)cc2)CC1. The predicted molar refractivity (Wildman–Crippen MR) is 102 cm³/mol. The summed E-state index contributed by atoms with van der Waals surface area (Å²) in [5.74, 6) is 1.03. The average Bonchev–Trinajstić information content (AvgIpc) is 2.68. The van der Waals surface area contributed by atoms with Gasteiger partial charge in [0.2, 0.25) is 10.0 Å². The van der Waals surface area contributed by atoms with Crippen molar-refractivity contribution in [1.82, 2.24) is 4.72 Å². The lowest BCUT2D eigenvalue weighted by Crippen LogP contribution is -2.32. The van der Waals surface area contributed by atoms with Crippen molar-refractivity contribution in [2.24, 2.45) is 17.6 Å². The van der Waals surface area contributed by atoms with Crippen molar-refractivity contribution in [2.75, 3.05) is 13.1 Å². The lowest BCUT2D eigenvalue weighted by molar-refractivity contribution is 0.280. The Labute approximate surface area is 150 Å². The Morgan fingerprint density at radius 1 is 0.840 bits per heavy atom. The van der Waals surface area contributed by atoms with E-state index < -0.39 is 10.0 Å². The standard InChI is InChI=1S/C20H26N2O2S/c21-14-16-6-8-17(9-7-16)15-22-25(23,24)20-12-10-19(11-13-20)18-4-2-1-3-5-18/h1-5,10-13,16-17,22H,6-9,14-15,21H2. The summed E-state index contributed by atoms with van der Waals surface area (Å²) in [6.07, 6.45) is 4.32. The molecule has 1 saturated carbocycles. The van der Waals surface area contributed by atoms with Gasteiger partial charge in [0.05, 0.1) is 4.90 Å². The molecule has 0 saturated heterocycles. The fraction of sp³-hybridized carbons (Fsp3) is 0.400. The zero-order chi connectivity index (χ0) is 17.7. The largest absolute Gasteiger partial charge is 0.330 e. The van der Waals surface area contributed by atoms with Gasteiger partial charge in [0.1, 0.15) is 0 Å². The van der Waals surface area contributed by atoms with Crippen LogP contribution in [0, 0.1) is 11.8 Å². The Kier molecular flexibility index (Phi) is 5.89. The fourth-order valence-corrected chi connectivity index (χ4v) is 4.56. The highest BCUT2D eigenvalue weighted by molar-refractivity contribution is 7.89. The van der Waals surface area contributed by atoms with Crippen LogP contribution < -0.4 is 10.5 Å². The van der Waals surface area contributed by atoms with Crippen molar-refractivity contribution in [3.63, 3.8) is 0 Å². The quantitative estimate of drug-likeness (QED) is 0.831. The molecular formula is C20H26N2O2S. The van der Waals surface area contributed by atoms with Crippen molar-refractivity contribution in [1.29, 1.82) is 0 Å². The average molecular weight is 359 g/mol. The third-order valence-electron chi connectivity index (χ3n) is 5.13. The normalized spacial score (nSPS) is 21.2. The van der Waals surface area contributed by atoms with E-state index in [1.807, 2.05) is 42.5 Å². The molecule has 25 heavy (non-hydrogen) atoms. The number of sulfonamides is 1. The minimum Gasteiger partial charge on any atom is -0.330 e. The molecule has 0 heterocycles. The third kappa shape index (κ3) is 4.69. The van der Waals surface area contributed by atoms with E-state index >= 15 is 0 Å². The molecule has 0 aromatic heterocycles. The molecule has 0 spiro atoms. The van der Waals surface area contributed by atoms with Crippen LogP contribution in [-0.4, -0.2) is 21.5 Å². The second-order valence-corrected chi connectivity index (χ2v) is 8.63. The molecule has 2 aromatic carbocycles. The minimum absolute atomic E-state index is 0.322. The van der Waals surface area contributed by atoms with E-state index in [0.717, 1.165) is 43.4 Å². The first-order valence-electron chi connectivity index (χ1n) is 8.93. The summed E-state index contributed by atoms with van der Waals surface area (Å²) in [6, 6.07) is 17.0. The molecule has 1 aliphatic rings. The molecule has 1 fully saturated rings. The maximum atomic E-state index is 12.5. The molecular weight excluding hydrogens is 332 g/mol. The van der Waals surface area contributed by atoms with Crippen LogP contribution in [0.4, 0.5) is 0 Å². The van der Waals surface area contributed by atoms with Gasteiger partial charge in [-0.1, -0.05) is 42.5 Å². The molecule has 4 nitrogen and oxygen atoms in total. The van der Waals surface area contributed by atoms with Gasteiger partial charge in [0.25, 0.3) is 0 Å². The Balaban J connectivity index is 1.60. The number of nitrogens with one attached hydrogen (secondary N) is 1. The van der Waals surface area contributed by atoms with Crippen molar-refractivity contribution < 1.29 is 8.42 Å². The summed E-state index contributed by atoms with van der Waals surface area (Å²) in [4.78, 5) is 0.322. The van der Waals surface area contributed by atoms with Crippen molar-refractivity contribution in [3.05, 3.63) is 54.6 Å². The van der Waals surface area contributed by atoms with E-state index in [1.165, 1.54) is 0 Å². The maximum absolute atomic E-state index is 12.5. The van der Waals surface area contributed by atoms with Crippen LogP contribution in [0.1, 0.15) is 25.7 Å². The van der Waals surface area contributed by atoms with Gasteiger partial charge in [-0.3, -0.25) is 0 Å². The molecule has 5 heteroatoms. The van der Waals surface area contributed by atoms with Crippen molar-refractivity contribution in [3.8, 4) is 11.1 Å². The maximum Gasteiger partial charge on any atom is 0.240 e. The van der Waals surface area contributed by atoms with Gasteiger partial charge >= 0.3 is 0 Å². The monoisotopic (exact) mass is 358 g/mol. The van der Waals surface area contributed by atoms with E-state index in [2.05, 4.69) is 4.72 Å². The van der Waals surface area contributed by atoms with Crippen LogP contribution in [0.15, 0.2) is 59.5 Å². The molecule has 134 valence electrons. The zero-order valence-corrected chi connectivity index (χ0v) is 15.2. The predicted octanol–water partition coefficient (Wildman–Crippen LogP) is 3.40. The topological polar surface area (TPSA) is 72.2 Å². The van der Waals surface area contributed by atoms with Crippen LogP contribution >= 0.6 is 0 Å². The molecule has 0 unspecified atom stereocenters. The molecule has 3 N–H and O–H groups in total. The number of nitrogens with two attached hydrogens (primary N) is 1. The summed E-state index contributed by atoms with van der Waals surface area (Å²) >= 11 is 0. The molecule has 0 amide bonds. The summed E-state index contributed by atoms with van der Waals surface area (Å²) in [5.41, 5.74) is 7.80. The van der Waals surface area contributed by atoms with Crippen LogP contribution in [0.5, 0.6) is 0 Å². The van der Waals surface area contributed by atoms with E-state index in [4.69, 9.17) is 5.73 Å². The van der Waals surface area contributed by atoms with Crippen molar-refractivity contribution in [2.45, 2.75) is 30.6 Å². The highest BCUT2D eigenvalue weighted by Gasteiger charge is 2.22. The van der Waals surface area contributed by atoms with Crippen LogP contribution in [0.3, 0.4) is 0 Å². The number of hydrogen-bond donors (Lipinski definition) is 2. The van der Waals surface area contributed by atoms with Gasteiger partial charge in [0.15, 0.2) is 0 Å².